The van der Waals surface area contributed by atoms with Crippen molar-refractivity contribution in [1.29, 1.82) is 0 Å². The Morgan fingerprint density at radius 2 is 2.00 bits per heavy atom. The molecule has 0 spiro atoms. The molecule has 0 aromatic carbocycles. The number of nitrogens with zero attached hydrogens (tertiary/aromatic N) is 2. The molecule has 9 nitrogen and oxygen atoms in total. The van der Waals surface area contributed by atoms with Gasteiger partial charge in [-0.25, -0.2) is 10.1 Å². The van der Waals surface area contributed by atoms with Crippen molar-refractivity contribution in [2.45, 2.75) is 32.6 Å². The number of unbranched alkanes of at least 4 members (excludes halogenated alkanes) is 1. The molecule has 0 aliphatic carbocycles. The Morgan fingerprint density at radius 1 is 1.40 bits per heavy atom. The van der Waals surface area contributed by atoms with Crippen molar-refractivity contribution >= 4 is 0 Å². The first-order chi connectivity index (χ1) is 6.89. The monoisotopic (exact) mass is 223 g/mol. The second-order valence-corrected chi connectivity index (χ2v) is 2.83. The highest BCUT2D eigenvalue weighted by Gasteiger charge is 2.34. The lowest BCUT2D eigenvalue weighted by atomic mass is 10.4. The van der Waals surface area contributed by atoms with Crippen LogP contribution in [0, 0.1) is 20.2 Å². The molecule has 0 aliphatic rings. The maximum Gasteiger partial charge on any atom is 0.341 e. The number of hydrazine groups is 1. The Hall–Kier alpha value is -1.64. The number of hydrogen-bond acceptors (Lipinski definition) is 6. The number of hydrogen-bond donors (Lipinski definition) is 1. The summed E-state index contributed by atoms with van der Waals surface area (Å²) in [5.41, 5.74) is 1.58. The lowest BCUT2D eigenvalue weighted by molar-refractivity contribution is -0.814. The highest BCUT2D eigenvalue weighted by atomic mass is 17.0. The van der Waals surface area contributed by atoms with Gasteiger partial charge in [-0.1, -0.05) is 18.8 Å². The second kappa shape index (κ2) is 5.96. The highest BCUT2D eigenvalue weighted by Crippen LogP contribution is 2.09. The van der Waals surface area contributed by atoms with Crippen LogP contribution in [-0.4, -0.2) is 22.6 Å². The first-order valence-corrected chi connectivity index (χ1v) is 4.29. The molecule has 0 saturated heterocycles. The fourth-order valence-electron chi connectivity index (χ4n) is 0.798. The average molecular weight is 223 g/mol. The minimum absolute atomic E-state index is 0.127. The van der Waals surface area contributed by atoms with Crippen molar-refractivity contribution in [2.75, 3.05) is 6.61 Å². The Labute approximate surface area is 85.6 Å². The molecule has 0 bridgehead atoms. The number of nitro groups is 1. The van der Waals surface area contributed by atoms with E-state index in [1.807, 2.05) is 6.92 Å². The Kier molecular flexibility index (Phi) is 5.31. The van der Waals surface area contributed by atoms with E-state index in [1.54, 1.807) is 5.43 Å². The molecule has 0 radical (unpaired) electrons. The largest absolute Gasteiger partial charge is 0.341 e. The van der Waals surface area contributed by atoms with Gasteiger partial charge in [0.25, 0.3) is 5.09 Å². The number of rotatable bonds is 8. The Morgan fingerprint density at radius 3 is 2.40 bits per heavy atom. The van der Waals surface area contributed by atoms with Gasteiger partial charge in [-0.3, -0.25) is 4.84 Å². The van der Waals surface area contributed by atoms with Gasteiger partial charge in [-0.15, -0.1) is 10.1 Å². The quantitative estimate of drug-likeness (QED) is 0.275. The summed E-state index contributed by atoms with van der Waals surface area (Å²) in [6.45, 7) is 3.08. The topological polar surface area (TPSA) is 117 Å². The normalized spacial score (nSPS) is 14.0. The minimum atomic E-state index is -2.05. The fraction of sp³-hybridized carbons (Fsp3) is 1.00. The molecule has 0 amide bonds. The van der Waals surface area contributed by atoms with Gasteiger partial charge in [-0.2, -0.15) is 0 Å². The minimum Gasteiger partial charge on any atom is -0.331 e. The van der Waals surface area contributed by atoms with Crippen LogP contribution in [0.2, 0.25) is 0 Å². The third-order valence-electron chi connectivity index (χ3n) is 1.42. The molecule has 0 saturated carbocycles. The molecule has 1 N–H and O–H groups in total. The van der Waals surface area contributed by atoms with Gasteiger partial charge in [-0.05, 0) is 6.42 Å². The van der Waals surface area contributed by atoms with Crippen LogP contribution in [-0.2, 0) is 9.57 Å². The second-order valence-electron chi connectivity index (χ2n) is 2.83. The van der Waals surface area contributed by atoms with Crippen LogP contribution in [0.25, 0.3) is 0 Å². The van der Waals surface area contributed by atoms with E-state index >= 15 is 0 Å². The molecular weight excluding hydrogens is 210 g/mol. The third-order valence-corrected chi connectivity index (χ3v) is 1.42. The van der Waals surface area contributed by atoms with Crippen LogP contribution in [0.1, 0.15) is 26.7 Å². The Balaban J connectivity index is 4.26. The molecule has 15 heavy (non-hydrogen) atoms. The summed E-state index contributed by atoms with van der Waals surface area (Å²) in [6, 6.07) is 0. The zero-order valence-corrected chi connectivity index (χ0v) is 8.47. The third kappa shape index (κ3) is 6.43. The smallest absolute Gasteiger partial charge is 0.331 e. The molecule has 1 unspecified atom stereocenters. The van der Waals surface area contributed by atoms with Crippen molar-refractivity contribution in [1.82, 2.24) is 5.43 Å². The molecule has 9 heteroatoms. The standard InChI is InChI=1S/C6H13N3O6/c1-3-4-5-14-6(2,7-8(10)11)15-9(12)13/h7H,3-5H2,1-2H3. The summed E-state index contributed by atoms with van der Waals surface area (Å²) in [6.07, 6.45) is 1.42. The van der Waals surface area contributed by atoms with E-state index in [0.29, 0.717) is 6.42 Å². The van der Waals surface area contributed by atoms with Gasteiger partial charge in [0.05, 0.1) is 6.61 Å². The lowest BCUT2D eigenvalue weighted by Gasteiger charge is -2.23. The van der Waals surface area contributed by atoms with E-state index in [1.165, 1.54) is 0 Å². The maximum atomic E-state index is 10.1. The highest BCUT2D eigenvalue weighted by molar-refractivity contribution is 4.50. The summed E-state index contributed by atoms with van der Waals surface area (Å²) in [5, 5.41) is 18.1. The van der Waals surface area contributed by atoms with E-state index in [2.05, 4.69) is 4.84 Å². The van der Waals surface area contributed by atoms with Crippen molar-refractivity contribution in [2.24, 2.45) is 0 Å². The van der Waals surface area contributed by atoms with Crippen molar-refractivity contribution in [3.63, 3.8) is 0 Å². The van der Waals surface area contributed by atoms with Gasteiger partial charge in [0.1, 0.15) is 0 Å². The number of ether oxygens (including phenoxy) is 1. The zero-order valence-electron chi connectivity index (χ0n) is 8.47. The van der Waals surface area contributed by atoms with E-state index in [9.17, 15) is 20.2 Å². The van der Waals surface area contributed by atoms with Gasteiger partial charge < -0.3 is 4.74 Å². The average Bonchev–Trinajstić information content (AvgIpc) is 2.00. The van der Waals surface area contributed by atoms with Crippen LogP contribution < -0.4 is 5.43 Å². The van der Waals surface area contributed by atoms with E-state index in [4.69, 9.17) is 4.74 Å². The van der Waals surface area contributed by atoms with Crippen LogP contribution in [0.3, 0.4) is 0 Å². The lowest BCUT2D eigenvalue weighted by Crippen LogP contribution is -2.51. The maximum absolute atomic E-state index is 10.1. The predicted molar refractivity (Wildman–Crippen MR) is 47.5 cm³/mol. The molecule has 1 atom stereocenters. The summed E-state index contributed by atoms with van der Waals surface area (Å²) in [5.74, 6) is -2.05. The van der Waals surface area contributed by atoms with Crippen LogP contribution >= 0.6 is 0 Å². The fourth-order valence-corrected chi connectivity index (χ4v) is 0.798. The molecule has 0 heterocycles. The SMILES string of the molecule is CCCCOC(C)(N[N+](=O)[O-])O[N+](=O)[O-]. The van der Waals surface area contributed by atoms with Gasteiger partial charge in [0.2, 0.25) is 0 Å². The molecular formula is C6H13N3O6. The zero-order chi connectivity index (χ0) is 11.9. The van der Waals surface area contributed by atoms with Crippen LogP contribution in [0.15, 0.2) is 0 Å². The number of nitrogens with one attached hydrogen (secondary N) is 1. The molecule has 0 aromatic heterocycles. The summed E-state index contributed by atoms with van der Waals surface area (Å²) in [7, 11) is 0. The summed E-state index contributed by atoms with van der Waals surface area (Å²) >= 11 is 0. The van der Waals surface area contributed by atoms with Crippen LogP contribution in [0.4, 0.5) is 0 Å². The first-order valence-electron chi connectivity index (χ1n) is 4.29. The predicted octanol–water partition coefficient (Wildman–Crippen LogP) is 0.466. The Bertz CT molecular complexity index is 217. The molecule has 0 rings (SSSR count). The molecule has 88 valence electrons. The van der Waals surface area contributed by atoms with Crippen molar-refractivity contribution < 1.29 is 19.7 Å². The van der Waals surface area contributed by atoms with Gasteiger partial charge >= 0.3 is 5.91 Å². The van der Waals surface area contributed by atoms with Gasteiger partial charge in [0.15, 0.2) is 5.03 Å². The van der Waals surface area contributed by atoms with E-state index < -0.39 is 16.0 Å². The molecule has 0 aliphatic heterocycles. The van der Waals surface area contributed by atoms with E-state index in [-0.39, 0.29) is 6.61 Å². The van der Waals surface area contributed by atoms with Crippen LogP contribution in [0.5, 0.6) is 0 Å². The van der Waals surface area contributed by atoms with E-state index in [0.717, 1.165) is 13.3 Å². The van der Waals surface area contributed by atoms with Crippen molar-refractivity contribution in [3.05, 3.63) is 20.2 Å². The summed E-state index contributed by atoms with van der Waals surface area (Å²) < 4.78 is 4.88. The summed E-state index contributed by atoms with van der Waals surface area (Å²) in [4.78, 5) is 24.3. The molecule has 0 aromatic rings. The van der Waals surface area contributed by atoms with Gasteiger partial charge in [0, 0.05) is 6.92 Å². The van der Waals surface area contributed by atoms with Crippen molar-refractivity contribution in [3.8, 4) is 0 Å². The molecule has 0 fully saturated rings. The first kappa shape index (κ1) is 13.4.